The molecule has 6 nitrogen and oxygen atoms in total. The van der Waals surface area contributed by atoms with E-state index in [9.17, 15) is 10.1 Å². The lowest BCUT2D eigenvalue weighted by Gasteiger charge is -2.34. The van der Waals surface area contributed by atoms with E-state index < -0.39 is 11.3 Å². The van der Waals surface area contributed by atoms with Crippen LogP contribution in [-0.2, 0) is 10.2 Å². The van der Waals surface area contributed by atoms with Crippen LogP contribution in [0.25, 0.3) is 5.76 Å². The van der Waals surface area contributed by atoms with Crippen LogP contribution in [-0.4, -0.2) is 15.9 Å². The molecule has 1 spiro atoms. The van der Waals surface area contributed by atoms with Gasteiger partial charge in [-0.15, -0.1) is 0 Å². The van der Waals surface area contributed by atoms with Crippen molar-refractivity contribution < 1.29 is 9.53 Å². The zero-order valence-corrected chi connectivity index (χ0v) is 17.2. The minimum Gasteiger partial charge on any atom is -0.437 e. The Balaban J connectivity index is 1.95. The van der Waals surface area contributed by atoms with Crippen molar-refractivity contribution in [2.45, 2.75) is 5.41 Å². The van der Waals surface area contributed by atoms with Crippen LogP contribution in [0.1, 0.15) is 16.7 Å². The number of hydrogen-bond donors (Lipinski definition) is 1. The third-order valence-corrected chi connectivity index (χ3v) is 5.78. The van der Waals surface area contributed by atoms with E-state index in [0.29, 0.717) is 21.8 Å². The average Bonchev–Trinajstić information content (AvgIpc) is 2.99. The first-order valence-corrected chi connectivity index (χ1v) is 9.83. The summed E-state index contributed by atoms with van der Waals surface area (Å²) in [5.41, 5.74) is 0.164. The molecular weight excluding hydrogens is 447 g/mol. The van der Waals surface area contributed by atoms with Gasteiger partial charge in [0.25, 0.3) is 0 Å². The van der Waals surface area contributed by atoms with Gasteiger partial charge < -0.3 is 10.1 Å². The average molecular weight is 456 g/mol. The Morgan fingerprint density at radius 2 is 1.83 bits per heavy atom. The number of benzene rings is 2. The van der Waals surface area contributed by atoms with E-state index in [1.807, 2.05) is 6.07 Å². The van der Waals surface area contributed by atoms with Gasteiger partial charge >= 0.3 is 0 Å². The highest BCUT2D eigenvalue weighted by molar-refractivity contribution is 6.34. The van der Waals surface area contributed by atoms with Crippen LogP contribution in [0.5, 0.6) is 5.88 Å². The number of anilines is 1. The summed E-state index contributed by atoms with van der Waals surface area (Å²) >= 11 is 18.6. The minimum absolute atomic E-state index is 0.0100. The number of aromatic nitrogens is 2. The molecule has 5 rings (SSSR count). The Bertz CT molecular complexity index is 1320. The molecule has 1 aromatic heterocycles. The number of nitrogens with zero attached hydrogens (tertiary/aromatic N) is 3. The number of amides is 1. The number of hydrogen-bond acceptors (Lipinski definition) is 5. The predicted molar refractivity (Wildman–Crippen MR) is 113 cm³/mol. The second kappa shape index (κ2) is 6.71. The lowest BCUT2D eigenvalue weighted by molar-refractivity contribution is -0.118. The Kier molecular flexibility index (Phi) is 4.23. The molecule has 1 atom stereocenters. The molecule has 30 heavy (non-hydrogen) atoms. The molecule has 2 aliphatic rings. The van der Waals surface area contributed by atoms with Crippen LogP contribution < -0.4 is 10.1 Å². The van der Waals surface area contributed by atoms with Crippen molar-refractivity contribution in [1.82, 2.24) is 9.97 Å². The first-order chi connectivity index (χ1) is 14.5. The van der Waals surface area contributed by atoms with E-state index in [2.05, 4.69) is 21.4 Å². The largest absolute Gasteiger partial charge is 0.437 e. The minimum atomic E-state index is -1.62. The fourth-order valence-electron chi connectivity index (χ4n) is 3.93. The second-order valence-electron chi connectivity index (χ2n) is 6.64. The summed E-state index contributed by atoms with van der Waals surface area (Å²) in [6.45, 7) is 0. The number of rotatable bonds is 1. The normalized spacial score (nSPS) is 19.1. The van der Waals surface area contributed by atoms with Crippen LogP contribution >= 0.6 is 34.8 Å². The maximum Gasteiger partial charge on any atom is 0.245 e. The van der Waals surface area contributed by atoms with E-state index in [0.717, 1.165) is 0 Å². The number of nitrogens with one attached hydrogen (secondary N) is 1. The van der Waals surface area contributed by atoms with Crippen LogP contribution in [0.3, 0.4) is 0 Å². The molecule has 0 saturated heterocycles. The molecule has 9 heteroatoms. The van der Waals surface area contributed by atoms with Crippen LogP contribution in [0.15, 0.2) is 54.1 Å². The molecule has 2 aromatic carbocycles. The van der Waals surface area contributed by atoms with Gasteiger partial charge in [-0.3, -0.25) is 4.79 Å². The first-order valence-electron chi connectivity index (χ1n) is 8.70. The van der Waals surface area contributed by atoms with Crippen molar-refractivity contribution >= 4 is 52.2 Å². The summed E-state index contributed by atoms with van der Waals surface area (Å²) in [7, 11) is 0. The van der Waals surface area contributed by atoms with Crippen LogP contribution in [0, 0.1) is 11.3 Å². The maximum atomic E-state index is 13.5. The molecule has 3 aromatic rings. The molecule has 3 heterocycles. The van der Waals surface area contributed by atoms with Gasteiger partial charge in [0.1, 0.15) is 16.6 Å². The Morgan fingerprint density at radius 1 is 1.07 bits per heavy atom. The molecule has 0 bridgehead atoms. The molecule has 1 unspecified atom stereocenters. The highest BCUT2D eigenvalue weighted by atomic mass is 35.5. The maximum absolute atomic E-state index is 13.5. The SMILES string of the molecule is N#CC1=C(c2ccccc2)Oc2nc(Cl)nc(Cl)c2C12C(=O)Nc1cc(Cl)ccc12. The van der Waals surface area contributed by atoms with Crippen molar-refractivity contribution in [2.24, 2.45) is 0 Å². The second-order valence-corrected chi connectivity index (χ2v) is 7.77. The molecule has 0 radical (unpaired) electrons. The van der Waals surface area contributed by atoms with E-state index in [1.165, 1.54) is 0 Å². The quantitative estimate of drug-likeness (QED) is 0.412. The fourth-order valence-corrected chi connectivity index (χ4v) is 4.61. The Labute approximate surface area is 185 Å². The highest BCUT2D eigenvalue weighted by Crippen LogP contribution is 2.56. The van der Waals surface area contributed by atoms with Gasteiger partial charge in [0, 0.05) is 21.8 Å². The van der Waals surface area contributed by atoms with E-state index in [-0.39, 0.29) is 33.2 Å². The lowest BCUT2D eigenvalue weighted by Crippen LogP contribution is -2.41. The summed E-state index contributed by atoms with van der Waals surface area (Å²) in [5, 5.41) is 13.2. The van der Waals surface area contributed by atoms with Crippen molar-refractivity contribution in [3.8, 4) is 11.9 Å². The van der Waals surface area contributed by atoms with E-state index in [1.54, 1.807) is 42.5 Å². The number of nitriles is 1. The summed E-state index contributed by atoms with van der Waals surface area (Å²) in [6.07, 6.45) is 0. The smallest absolute Gasteiger partial charge is 0.245 e. The highest BCUT2D eigenvalue weighted by Gasteiger charge is 2.58. The summed E-state index contributed by atoms with van der Waals surface area (Å²) in [4.78, 5) is 21.7. The third kappa shape index (κ3) is 2.47. The van der Waals surface area contributed by atoms with Gasteiger partial charge in [-0.25, -0.2) is 4.98 Å². The van der Waals surface area contributed by atoms with Crippen LogP contribution in [0.2, 0.25) is 15.5 Å². The van der Waals surface area contributed by atoms with Gasteiger partial charge in [-0.05, 0) is 23.7 Å². The summed E-state index contributed by atoms with van der Waals surface area (Å²) in [5.74, 6) is -0.285. The Hall–Kier alpha value is -3.11. The number of carbonyl (C=O) groups excluding carboxylic acids is 1. The standard InChI is InChI=1S/C21H9Cl3N4O2/c22-11-6-7-12-14(8-11)26-19(29)21(12)13(9-25)16(10-4-2-1-3-5-10)30-18-15(21)17(23)27-20(24)28-18/h1-8H,(H,26,29). The fraction of sp³-hybridized carbons (Fsp3) is 0.0476. The first kappa shape index (κ1) is 18.9. The lowest BCUT2D eigenvalue weighted by atomic mass is 9.69. The van der Waals surface area contributed by atoms with Gasteiger partial charge in [0.05, 0.1) is 11.1 Å². The van der Waals surface area contributed by atoms with Gasteiger partial charge in [-0.1, -0.05) is 59.6 Å². The topological polar surface area (TPSA) is 87.9 Å². The number of fused-ring (bicyclic) bond motifs is 4. The molecule has 2 aliphatic heterocycles. The summed E-state index contributed by atoms with van der Waals surface area (Å²) < 4.78 is 5.99. The third-order valence-electron chi connectivity index (χ3n) is 5.10. The predicted octanol–water partition coefficient (Wildman–Crippen LogP) is 5.00. The van der Waals surface area contributed by atoms with Crippen molar-refractivity contribution in [3.05, 3.63) is 86.3 Å². The molecule has 0 saturated carbocycles. The number of carbonyl (C=O) groups is 1. The van der Waals surface area contributed by atoms with Gasteiger partial charge in [0.2, 0.25) is 17.1 Å². The Morgan fingerprint density at radius 3 is 2.57 bits per heavy atom. The number of ether oxygens (including phenoxy) is 1. The van der Waals surface area contributed by atoms with Crippen LogP contribution in [0.4, 0.5) is 5.69 Å². The van der Waals surface area contributed by atoms with E-state index in [4.69, 9.17) is 39.5 Å². The zero-order valence-electron chi connectivity index (χ0n) is 14.9. The van der Waals surface area contributed by atoms with Gasteiger partial charge in [-0.2, -0.15) is 10.2 Å². The molecule has 0 fully saturated rings. The zero-order chi connectivity index (χ0) is 21.0. The molecular formula is C21H9Cl3N4O2. The number of halogens is 3. The summed E-state index contributed by atoms with van der Waals surface area (Å²) in [6, 6.07) is 16.1. The molecule has 0 aliphatic carbocycles. The van der Waals surface area contributed by atoms with Crippen molar-refractivity contribution in [3.63, 3.8) is 0 Å². The van der Waals surface area contributed by atoms with E-state index >= 15 is 0 Å². The van der Waals surface area contributed by atoms with Gasteiger partial charge in [0.15, 0.2) is 5.76 Å². The molecule has 1 amide bonds. The van der Waals surface area contributed by atoms with Crippen molar-refractivity contribution in [2.75, 3.05) is 5.32 Å². The molecule has 146 valence electrons. The van der Waals surface area contributed by atoms with Crippen molar-refractivity contribution in [1.29, 1.82) is 5.26 Å². The molecule has 1 N–H and O–H groups in total. The monoisotopic (exact) mass is 454 g/mol.